The Kier molecular flexibility index (Phi) is 5.64. The standard InChI is InChI=1S/C21H28N6O2/c1-23-19-18(20(28)24(2)21(23)29)27(16-22-19)10-6-9-25-11-13-26(14-12-25)15-17-7-4-3-5-8-17/h3-5,7-8,16H,6,9-15H2,1-2H3. The molecule has 4 rings (SSSR count). The monoisotopic (exact) mass is 396 g/mol. The van der Waals surface area contributed by atoms with Crippen LogP contribution >= 0.6 is 0 Å². The van der Waals surface area contributed by atoms with Crippen molar-refractivity contribution in [2.24, 2.45) is 14.1 Å². The van der Waals surface area contributed by atoms with Crippen molar-refractivity contribution < 1.29 is 0 Å². The molecular formula is C21H28N6O2. The zero-order valence-electron chi connectivity index (χ0n) is 17.1. The van der Waals surface area contributed by atoms with Gasteiger partial charge in [0.25, 0.3) is 5.56 Å². The Hall–Kier alpha value is -2.71. The third-order valence-electron chi connectivity index (χ3n) is 5.80. The maximum Gasteiger partial charge on any atom is 0.332 e. The van der Waals surface area contributed by atoms with Gasteiger partial charge in [-0.15, -0.1) is 0 Å². The molecule has 8 heteroatoms. The largest absolute Gasteiger partial charge is 0.332 e. The van der Waals surface area contributed by atoms with Crippen LogP contribution in [0, 0.1) is 0 Å². The van der Waals surface area contributed by atoms with Gasteiger partial charge in [-0.1, -0.05) is 30.3 Å². The minimum Gasteiger partial charge on any atom is -0.325 e. The zero-order valence-corrected chi connectivity index (χ0v) is 17.1. The summed E-state index contributed by atoms with van der Waals surface area (Å²) in [5.41, 5.74) is 1.69. The fourth-order valence-corrected chi connectivity index (χ4v) is 4.04. The molecule has 3 aromatic rings. The van der Waals surface area contributed by atoms with Crippen LogP contribution in [0.1, 0.15) is 12.0 Å². The number of piperazine rings is 1. The van der Waals surface area contributed by atoms with Gasteiger partial charge in [0.15, 0.2) is 11.2 Å². The Balaban J connectivity index is 1.31. The topological polar surface area (TPSA) is 68.3 Å². The van der Waals surface area contributed by atoms with E-state index in [0.29, 0.717) is 17.7 Å². The van der Waals surface area contributed by atoms with Crippen LogP contribution < -0.4 is 11.2 Å². The van der Waals surface area contributed by atoms with E-state index >= 15 is 0 Å². The molecule has 1 saturated heterocycles. The van der Waals surface area contributed by atoms with Gasteiger partial charge < -0.3 is 9.47 Å². The molecule has 1 fully saturated rings. The van der Waals surface area contributed by atoms with Crippen molar-refractivity contribution in [1.29, 1.82) is 0 Å². The first-order valence-electron chi connectivity index (χ1n) is 10.1. The third-order valence-corrected chi connectivity index (χ3v) is 5.80. The first-order valence-corrected chi connectivity index (χ1v) is 10.1. The van der Waals surface area contributed by atoms with Crippen molar-refractivity contribution >= 4 is 11.2 Å². The van der Waals surface area contributed by atoms with Gasteiger partial charge in [-0.3, -0.25) is 18.8 Å². The van der Waals surface area contributed by atoms with E-state index in [1.54, 1.807) is 13.4 Å². The Morgan fingerprint density at radius 3 is 2.31 bits per heavy atom. The van der Waals surface area contributed by atoms with Crippen molar-refractivity contribution in [3.63, 3.8) is 0 Å². The Labute approximate surface area is 169 Å². The lowest BCUT2D eigenvalue weighted by Gasteiger charge is -2.34. The molecule has 0 saturated carbocycles. The Morgan fingerprint density at radius 1 is 0.897 bits per heavy atom. The van der Waals surface area contributed by atoms with Crippen molar-refractivity contribution in [2.45, 2.75) is 19.5 Å². The Bertz CT molecular complexity index is 1090. The summed E-state index contributed by atoms with van der Waals surface area (Å²) in [6, 6.07) is 10.6. The average Bonchev–Trinajstić information content (AvgIpc) is 3.17. The van der Waals surface area contributed by atoms with Crippen LogP contribution in [-0.4, -0.2) is 61.2 Å². The van der Waals surface area contributed by atoms with E-state index in [1.807, 2.05) is 4.57 Å². The van der Waals surface area contributed by atoms with Crippen molar-refractivity contribution in [2.75, 3.05) is 32.7 Å². The fourth-order valence-electron chi connectivity index (χ4n) is 4.04. The van der Waals surface area contributed by atoms with E-state index in [-0.39, 0.29) is 11.2 Å². The number of aryl methyl sites for hydroxylation is 2. The Morgan fingerprint density at radius 2 is 1.59 bits per heavy atom. The van der Waals surface area contributed by atoms with Crippen molar-refractivity contribution in [3.05, 3.63) is 63.1 Å². The second-order valence-electron chi connectivity index (χ2n) is 7.77. The predicted molar refractivity (Wildman–Crippen MR) is 113 cm³/mol. The van der Waals surface area contributed by atoms with E-state index in [4.69, 9.17) is 0 Å². The lowest BCUT2D eigenvalue weighted by Crippen LogP contribution is -2.46. The van der Waals surface area contributed by atoms with Gasteiger partial charge in [0.05, 0.1) is 6.33 Å². The number of imidazole rings is 1. The van der Waals surface area contributed by atoms with Crippen LogP contribution in [0.3, 0.4) is 0 Å². The SMILES string of the molecule is Cn1c(=O)c2c(ncn2CCCN2CCN(Cc3ccccc3)CC2)n(C)c1=O. The summed E-state index contributed by atoms with van der Waals surface area (Å²) in [5, 5.41) is 0. The van der Waals surface area contributed by atoms with E-state index in [2.05, 4.69) is 45.1 Å². The summed E-state index contributed by atoms with van der Waals surface area (Å²) in [6.07, 6.45) is 2.61. The first-order chi connectivity index (χ1) is 14.0. The molecule has 0 spiro atoms. The number of fused-ring (bicyclic) bond motifs is 1. The highest BCUT2D eigenvalue weighted by Crippen LogP contribution is 2.10. The summed E-state index contributed by atoms with van der Waals surface area (Å²) in [7, 11) is 3.16. The van der Waals surface area contributed by atoms with Gasteiger partial charge in [-0.2, -0.15) is 0 Å². The molecule has 0 bridgehead atoms. The molecule has 1 aliphatic rings. The molecule has 154 valence electrons. The van der Waals surface area contributed by atoms with Crippen LogP contribution in [0.25, 0.3) is 11.2 Å². The summed E-state index contributed by atoms with van der Waals surface area (Å²) >= 11 is 0. The average molecular weight is 396 g/mol. The van der Waals surface area contributed by atoms with Crippen LogP contribution in [0.4, 0.5) is 0 Å². The number of rotatable bonds is 6. The third kappa shape index (κ3) is 4.04. The van der Waals surface area contributed by atoms with E-state index in [0.717, 1.165) is 50.3 Å². The minimum absolute atomic E-state index is 0.282. The van der Waals surface area contributed by atoms with Crippen LogP contribution in [0.5, 0.6) is 0 Å². The number of hydrogen-bond acceptors (Lipinski definition) is 5. The van der Waals surface area contributed by atoms with Crippen LogP contribution in [0.2, 0.25) is 0 Å². The van der Waals surface area contributed by atoms with Gasteiger partial charge in [0.2, 0.25) is 0 Å². The molecule has 2 aromatic heterocycles. The summed E-state index contributed by atoms with van der Waals surface area (Å²) in [6.45, 7) is 7.00. The maximum absolute atomic E-state index is 12.5. The van der Waals surface area contributed by atoms with Gasteiger partial charge in [0.1, 0.15) is 0 Å². The van der Waals surface area contributed by atoms with Gasteiger partial charge in [-0.25, -0.2) is 9.78 Å². The molecule has 8 nitrogen and oxygen atoms in total. The number of benzene rings is 1. The van der Waals surface area contributed by atoms with Gasteiger partial charge in [0, 0.05) is 53.4 Å². The smallest absolute Gasteiger partial charge is 0.325 e. The van der Waals surface area contributed by atoms with E-state index in [9.17, 15) is 9.59 Å². The molecule has 3 heterocycles. The lowest BCUT2D eigenvalue weighted by molar-refractivity contribution is 0.125. The van der Waals surface area contributed by atoms with Crippen LogP contribution in [0.15, 0.2) is 46.2 Å². The quantitative estimate of drug-likeness (QED) is 0.612. The lowest BCUT2D eigenvalue weighted by atomic mass is 10.2. The second kappa shape index (κ2) is 8.34. The second-order valence-corrected chi connectivity index (χ2v) is 7.77. The zero-order chi connectivity index (χ0) is 20.4. The number of aromatic nitrogens is 4. The molecule has 0 unspecified atom stereocenters. The minimum atomic E-state index is -0.346. The molecule has 0 atom stereocenters. The summed E-state index contributed by atoms with van der Waals surface area (Å²) < 4.78 is 4.45. The molecule has 0 amide bonds. The first kappa shape index (κ1) is 19.6. The van der Waals surface area contributed by atoms with E-state index < -0.39 is 0 Å². The van der Waals surface area contributed by atoms with Gasteiger partial charge >= 0.3 is 5.69 Å². The van der Waals surface area contributed by atoms with Crippen LogP contribution in [-0.2, 0) is 27.2 Å². The summed E-state index contributed by atoms with van der Waals surface area (Å²) in [5.74, 6) is 0. The predicted octanol–water partition coefficient (Wildman–Crippen LogP) is 0.642. The van der Waals surface area contributed by atoms with Crippen molar-refractivity contribution in [3.8, 4) is 0 Å². The highest BCUT2D eigenvalue weighted by molar-refractivity contribution is 5.69. The number of hydrogen-bond donors (Lipinski definition) is 0. The highest BCUT2D eigenvalue weighted by atomic mass is 16.2. The molecule has 0 radical (unpaired) electrons. The number of nitrogens with zero attached hydrogens (tertiary/aromatic N) is 6. The highest BCUT2D eigenvalue weighted by Gasteiger charge is 2.17. The molecule has 1 aliphatic heterocycles. The molecular weight excluding hydrogens is 368 g/mol. The normalized spacial score (nSPS) is 15.9. The van der Waals surface area contributed by atoms with Crippen molar-refractivity contribution in [1.82, 2.24) is 28.5 Å². The van der Waals surface area contributed by atoms with Gasteiger partial charge in [-0.05, 0) is 18.5 Å². The maximum atomic E-state index is 12.5. The fraction of sp³-hybridized carbons (Fsp3) is 0.476. The molecule has 0 aliphatic carbocycles. The molecule has 1 aromatic carbocycles. The molecule has 29 heavy (non-hydrogen) atoms. The molecule has 0 N–H and O–H groups in total. The van der Waals surface area contributed by atoms with E-state index in [1.165, 1.54) is 17.2 Å². The summed E-state index contributed by atoms with van der Waals surface area (Å²) in [4.78, 5) is 33.8.